The van der Waals surface area contributed by atoms with Gasteiger partial charge in [-0.2, -0.15) is 0 Å². The molecule has 0 aliphatic carbocycles. The molecule has 1 N–H and O–H groups in total. The van der Waals surface area contributed by atoms with Gasteiger partial charge in [0.1, 0.15) is 5.75 Å². The Hall–Kier alpha value is -1.56. The van der Waals surface area contributed by atoms with E-state index >= 15 is 0 Å². The van der Waals surface area contributed by atoms with E-state index in [0.717, 1.165) is 37.1 Å². The summed E-state index contributed by atoms with van der Waals surface area (Å²) in [6.45, 7) is 2.70. The number of carboxylic acids is 1. The minimum atomic E-state index is -1.02. The molecule has 0 spiro atoms. The zero-order valence-corrected chi connectivity index (χ0v) is 11.6. The average Bonchev–Trinajstić information content (AvgIpc) is 2.85. The van der Waals surface area contributed by atoms with E-state index in [-0.39, 0.29) is 29.2 Å². The molecule has 1 aromatic heterocycles. The van der Waals surface area contributed by atoms with E-state index < -0.39 is 5.97 Å². The van der Waals surface area contributed by atoms with Crippen LogP contribution in [0, 0.1) is 0 Å². The van der Waals surface area contributed by atoms with Gasteiger partial charge in [0.05, 0.1) is 0 Å². The zero-order valence-electron chi connectivity index (χ0n) is 10.8. The minimum Gasteiger partial charge on any atom is -0.482 e. The molecule has 1 aromatic rings. The number of ether oxygens (including phenoxy) is 1. The van der Waals surface area contributed by atoms with Crippen LogP contribution in [0.25, 0.3) is 0 Å². The molecule has 0 bridgehead atoms. The molecule has 2 rings (SSSR count). The summed E-state index contributed by atoms with van der Waals surface area (Å²) in [5.74, 6) is -0.825. The van der Waals surface area contributed by atoms with Gasteiger partial charge in [0, 0.05) is 12.6 Å². The summed E-state index contributed by atoms with van der Waals surface area (Å²) in [5.41, 5.74) is 0. The number of hydrogen-bond acceptors (Lipinski definition) is 4. The quantitative estimate of drug-likeness (QED) is 0.920. The van der Waals surface area contributed by atoms with Crippen LogP contribution in [0.2, 0.25) is 0 Å². The SMILES string of the molecule is CC1CCCCN1C(=O)COc1ccsc1C(=O)O. The van der Waals surface area contributed by atoms with E-state index in [9.17, 15) is 9.59 Å². The van der Waals surface area contributed by atoms with Crippen LogP contribution >= 0.6 is 11.3 Å². The van der Waals surface area contributed by atoms with E-state index in [2.05, 4.69) is 0 Å². The Kier molecular flexibility index (Phi) is 4.42. The number of rotatable bonds is 4. The molecule has 1 saturated heterocycles. The highest BCUT2D eigenvalue weighted by molar-refractivity contribution is 7.12. The summed E-state index contributed by atoms with van der Waals surface area (Å²) in [4.78, 5) is 24.9. The van der Waals surface area contributed by atoms with Gasteiger partial charge in [-0.25, -0.2) is 4.79 Å². The third-order valence-electron chi connectivity index (χ3n) is 3.30. The number of nitrogens with zero attached hydrogens (tertiary/aromatic N) is 1. The first-order valence-electron chi connectivity index (χ1n) is 6.32. The Morgan fingerprint density at radius 1 is 1.53 bits per heavy atom. The number of carboxylic acid groups (broad SMARTS) is 1. The lowest BCUT2D eigenvalue weighted by Gasteiger charge is -2.33. The maximum absolute atomic E-state index is 12.0. The summed E-state index contributed by atoms with van der Waals surface area (Å²) < 4.78 is 5.34. The van der Waals surface area contributed by atoms with Gasteiger partial charge in [0.15, 0.2) is 11.5 Å². The topological polar surface area (TPSA) is 66.8 Å². The van der Waals surface area contributed by atoms with Crippen molar-refractivity contribution in [1.29, 1.82) is 0 Å². The second-order valence-electron chi connectivity index (χ2n) is 4.64. The van der Waals surface area contributed by atoms with Crippen molar-refractivity contribution in [2.45, 2.75) is 32.2 Å². The van der Waals surface area contributed by atoms with Gasteiger partial charge in [0.2, 0.25) is 0 Å². The Morgan fingerprint density at radius 3 is 3.00 bits per heavy atom. The summed E-state index contributed by atoms with van der Waals surface area (Å²) in [6.07, 6.45) is 3.19. The third kappa shape index (κ3) is 3.26. The van der Waals surface area contributed by atoms with Crippen molar-refractivity contribution in [2.24, 2.45) is 0 Å². The molecule has 5 nitrogen and oxygen atoms in total. The largest absolute Gasteiger partial charge is 0.482 e. The number of carbonyl (C=O) groups is 2. The first kappa shape index (κ1) is 13.9. The highest BCUT2D eigenvalue weighted by Crippen LogP contribution is 2.25. The lowest BCUT2D eigenvalue weighted by molar-refractivity contribution is -0.136. The molecule has 1 unspecified atom stereocenters. The van der Waals surface area contributed by atoms with Crippen LogP contribution < -0.4 is 4.74 Å². The first-order valence-corrected chi connectivity index (χ1v) is 7.20. The fourth-order valence-corrected chi connectivity index (χ4v) is 2.93. The lowest BCUT2D eigenvalue weighted by atomic mass is 10.0. The van der Waals surface area contributed by atoms with Crippen molar-refractivity contribution in [2.75, 3.05) is 13.2 Å². The number of hydrogen-bond donors (Lipinski definition) is 1. The maximum atomic E-state index is 12.0. The second-order valence-corrected chi connectivity index (χ2v) is 5.56. The Bertz CT molecular complexity index is 471. The lowest BCUT2D eigenvalue weighted by Crippen LogP contribution is -2.44. The molecule has 0 saturated carbocycles. The molecule has 1 amide bonds. The molecule has 19 heavy (non-hydrogen) atoms. The molecule has 104 valence electrons. The molecule has 6 heteroatoms. The van der Waals surface area contributed by atoms with Crippen LogP contribution in [0.1, 0.15) is 35.9 Å². The highest BCUT2D eigenvalue weighted by atomic mass is 32.1. The standard InChI is InChI=1S/C13H17NO4S/c1-9-4-2-3-6-14(9)11(15)8-18-10-5-7-19-12(10)13(16)17/h5,7,9H,2-4,6,8H2,1H3,(H,16,17). The van der Waals surface area contributed by atoms with Gasteiger partial charge in [0.25, 0.3) is 5.91 Å². The van der Waals surface area contributed by atoms with E-state index in [0.29, 0.717) is 0 Å². The van der Waals surface area contributed by atoms with Crippen LogP contribution in [0.3, 0.4) is 0 Å². The Balaban J connectivity index is 1.92. The molecule has 1 atom stereocenters. The Morgan fingerprint density at radius 2 is 2.32 bits per heavy atom. The smallest absolute Gasteiger partial charge is 0.349 e. The molecular weight excluding hydrogens is 266 g/mol. The number of carbonyl (C=O) groups excluding carboxylic acids is 1. The molecule has 1 aliphatic heterocycles. The van der Waals surface area contributed by atoms with E-state index in [1.54, 1.807) is 11.4 Å². The average molecular weight is 283 g/mol. The van der Waals surface area contributed by atoms with Crippen LogP contribution in [0.15, 0.2) is 11.4 Å². The molecule has 0 aromatic carbocycles. The number of aromatic carboxylic acids is 1. The molecule has 2 heterocycles. The molecule has 1 fully saturated rings. The van der Waals surface area contributed by atoms with Gasteiger partial charge >= 0.3 is 5.97 Å². The molecular formula is C13H17NO4S. The summed E-state index contributed by atoms with van der Waals surface area (Å²) in [7, 11) is 0. The van der Waals surface area contributed by atoms with E-state index in [1.165, 1.54) is 0 Å². The molecule has 1 aliphatic rings. The number of thiophene rings is 1. The Labute approximate surface area is 115 Å². The van der Waals surface area contributed by atoms with Crippen molar-refractivity contribution < 1.29 is 19.4 Å². The third-order valence-corrected chi connectivity index (χ3v) is 4.18. The van der Waals surface area contributed by atoms with Gasteiger partial charge in [-0.05, 0) is 37.6 Å². The van der Waals surface area contributed by atoms with Crippen molar-refractivity contribution in [1.82, 2.24) is 4.90 Å². The van der Waals surface area contributed by atoms with Crippen molar-refractivity contribution in [3.63, 3.8) is 0 Å². The minimum absolute atomic E-state index is 0.0743. The number of likely N-dealkylation sites (tertiary alicyclic amines) is 1. The van der Waals surface area contributed by atoms with Gasteiger partial charge in [-0.1, -0.05) is 0 Å². The van der Waals surface area contributed by atoms with Crippen LogP contribution in [0.5, 0.6) is 5.75 Å². The van der Waals surface area contributed by atoms with Gasteiger partial charge < -0.3 is 14.7 Å². The second kappa shape index (κ2) is 6.06. The van der Waals surface area contributed by atoms with E-state index in [1.807, 2.05) is 11.8 Å². The van der Waals surface area contributed by atoms with Crippen LogP contribution in [-0.2, 0) is 4.79 Å². The fraction of sp³-hybridized carbons (Fsp3) is 0.538. The molecule has 0 radical (unpaired) electrons. The maximum Gasteiger partial charge on any atom is 0.349 e. The first-order chi connectivity index (χ1) is 9.09. The van der Waals surface area contributed by atoms with Gasteiger partial charge in [-0.3, -0.25) is 4.79 Å². The predicted octanol–water partition coefficient (Wildman–Crippen LogP) is 2.23. The van der Waals surface area contributed by atoms with Crippen LogP contribution in [0.4, 0.5) is 0 Å². The van der Waals surface area contributed by atoms with Crippen molar-refractivity contribution >= 4 is 23.2 Å². The number of piperidine rings is 1. The monoisotopic (exact) mass is 283 g/mol. The zero-order chi connectivity index (χ0) is 13.8. The van der Waals surface area contributed by atoms with Gasteiger partial charge in [-0.15, -0.1) is 11.3 Å². The van der Waals surface area contributed by atoms with Crippen molar-refractivity contribution in [3.05, 3.63) is 16.3 Å². The number of amides is 1. The summed E-state index contributed by atoms with van der Waals surface area (Å²) >= 11 is 1.10. The van der Waals surface area contributed by atoms with Crippen molar-refractivity contribution in [3.8, 4) is 5.75 Å². The predicted molar refractivity (Wildman–Crippen MR) is 71.8 cm³/mol. The fourth-order valence-electron chi connectivity index (χ4n) is 2.26. The summed E-state index contributed by atoms with van der Waals surface area (Å²) in [6, 6.07) is 1.83. The highest BCUT2D eigenvalue weighted by Gasteiger charge is 2.24. The normalized spacial score (nSPS) is 19.2. The van der Waals surface area contributed by atoms with E-state index in [4.69, 9.17) is 9.84 Å². The summed E-state index contributed by atoms with van der Waals surface area (Å²) in [5, 5.41) is 10.6. The van der Waals surface area contributed by atoms with Crippen LogP contribution in [-0.4, -0.2) is 41.1 Å².